The van der Waals surface area contributed by atoms with E-state index in [0.29, 0.717) is 0 Å². The molecule has 1 aliphatic carbocycles. The van der Waals surface area contributed by atoms with Gasteiger partial charge < -0.3 is 9.32 Å². The number of thiophene rings is 1. The van der Waals surface area contributed by atoms with Crippen LogP contribution in [0.25, 0.3) is 75.5 Å². The van der Waals surface area contributed by atoms with Gasteiger partial charge in [-0.1, -0.05) is 135 Å². The standard InChI is InChI=1S/C51H35NOS/c1-51(2)42-20-9-6-17-37(42)38-25-23-35(30-43(38)51)52(36-24-26-40-39-18-8-11-22-47(39)54-48(40)31-36)44-27-28-46-50(41-19-7-10-21-45(41)53-46)49(44)34-16-12-15-33(29-34)32-13-4-3-5-14-32/h3-31H,1-2H3. The Bertz CT molecular complexity index is 3090. The van der Waals surface area contributed by atoms with Crippen molar-refractivity contribution in [3.05, 3.63) is 187 Å². The fourth-order valence-corrected chi connectivity index (χ4v) is 10.0. The van der Waals surface area contributed by atoms with E-state index in [9.17, 15) is 0 Å². The summed E-state index contributed by atoms with van der Waals surface area (Å²) in [5.74, 6) is 0. The van der Waals surface area contributed by atoms with Crippen molar-refractivity contribution in [3.63, 3.8) is 0 Å². The molecule has 0 atom stereocenters. The van der Waals surface area contributed by atoms with Crippen molar-refractivity contribution < 1.29 is 4.42 Å². The van der Waals surface area contributed by atoms with Crippen LogP contribution in [0.3, 0.4) is 0 Å². The van der Waals surface area contributed by atoms with Crippen LogP contribution in [0.15, 0.2) is 180 Å². The highest BCUT2D eigenvalue weighted by Crippen LogP contribution is 2.53. The summed E-state index contributed by atoms with van der Waals surface area (Å²) >= 11 is 1.86. The van der Waals surface area contributed by atoms with Gasteiger partial charge in [-0.2, -0.15) is 0 Å². The first kappa shape index (κ1) is 31.1. The summed E-state index contributed by atoms with van der Waals surface area (Å²) in [6, 6.07) is 64.2. The van der Waals surface area contributed by atoms with E-state index in [4.69, 9.17) is 4.42 Å². The lowest BCUT2D eigenvalue weighted by atomic mass is 9.82. The molecule has 0 N–H and O–H groups in total. The summed E-state index contributed by atoms with van der Waals surface area (Å²) in [5, 5.41) is 4.82. The van der Waals surface area contributed by atoms with E-state index in [1.165, 1.54) is 53.6 Å². The van der Waals surface area contributed by atoms with Gasteiger partial charge in [0.25, 0.3) is 0 Å². The first-order valence-electron chi connectivity index (χ1n) is 18.6. The molecule has 2 nitrogen and oxygen atoms in total. The zero-order valence-electron chi connectivity index (χ0n) is 30.0. The maximum absolute atomic E-state index is 6.57. The molecule has 0 saturated carbocycles. The number of hydrogen-bond acceptors (Lipinski definition) is 3. The molecule has 0 spiro atoms. The Morgan fingerprint density at radius 3 is 2.06 bits per heavy atom. The second-order valence-corrected chi connectivity index (χ2v) is 16.0. The van der Waals surface area contributed by atoms with Crippen LogP contribution in [-0.4, -0.2) is 0 Å². The van der Waals surface area contributed by atoms with Gasteiger partial charge in [0.2, 0.25) is 0 Å². The van der Waals surface area contributed by atoms with Crippen LogP contribution in [-0.2, 0) is 5.41 Å². The largest absolute Gasteiger partial charge is 0.456 e. The van der Waals surface area contributed by atoms with Gasteiger partial charge in [-0.3, -0.25) is 0 Å². The molecule has 1 aliphatic rings. The Kier molecular flexibility index (Phi) is 6.80. The zero-order valence-corrected chi connectivity index (χ0v) is 30.8. The molecule has 54 heavy (non-hydrogen) atoms. The number of rotatable bonds is 5. The molecule has 3 heteroatoms. The normalized spacial score (nSPS) is 13.1. The number of fused-ring (bicyclic) bond motifs is 9. The Morgan fingerprint density at radius 1 is 0.463 bits per heavy atom. The van der Waals surface area contributed by atoms with E-state index >= 15 is 0 Å². The van der Waals surface area contributed by atoms with E-state index in [-0.39, 0.29) is 5.41 Å². The molecule has 2 heterocycles. The Balaban J connectivity index is 1.22. The monoisotopic (exact) mass is 709 g/mol. The summed E-state index contributed by atoms with van der Waals surface area (Å²) in [6.07, 6.45) is 0. The summed E-state index contributed by atoms with van der Waals surface area (Å²) in [7, 11) is 0. The van der Waals surface area contributed by atoms with Crippen molar-refractivity contribution in [2.75, 3.05) is 4.90 Å². The smallest absolute Gasteiger partial charge is 0.136 e. The molecular weight excluding hydrogens is 675 g/mol. The van der Waals surface area contributed by atoms with Crippen molar-refractivity contribution in [1.82, 2.24) is 0 Å². The second-order valence-electron chi connectivity index (χ2n) is 14.9. The maximum Gasteiger partial charge on any atom is 0.136 e. The predicted molar refractivity (Wildman–Crippen MR) is 230 cm³/mol. The third-order valence-electron chi connectivity index (χ3n) is 11.5. The first-order chi connectivity index (χ1) is 26.5. The molecule has 10 aromatic rings. The van der Waals surface area contributed by atoms with E-state index < -0.39 is 0 Å². The van der Waals surface area contributed by atoms with Gasteiger partial charge in [-0.15, -0.1) is 11.3 Å². The van der Waals surface area contributed by atoms with Crippen molar-refractivity contribution >= 4 is 70.5 Å². The number of anilines is 3. The molecule has 2 aromatic heterocycles. The number of nitrogens with zero attached hydrogens (tertiary/aromatic N) is 1. The highest BCUT2D eigenvalue weighted by Gasteiger charge is 2.36. The van der Waals surface area contributed by atoms with Crippen LogP contribution in [0.2, 0.25) is 0 Å². The van der Waals surface area contributed by atoms with E-state index in [0.717, 1.165) is 50.1 Å². The van der Waals surface area contributed by atoms with Gasteiger partial charge in [0.05, 0.1) is 5.69 Å². The first-order valence-corrected chi connectivity index (χ1v) is 19.4. The van der Waals surface area contributed by atoms with E-state index in [1.54, 1.807) is 0 Å². The minimum atomic E-state index is -0.138. The maximum atomic E-state index is 6.57. The van der Waals surface area contributed by atoms with Crippen LogP contribution in [0, 0.1) is 0 Å². The average Bonchev–Trinajstić information content (AvgIpc) is 3.86. The Morgan fingerprint density at radius 2 is 1.15 bits per heavy atom. The molecule has 0 radical (unpaired) electrons. The molecule has 0 bridgehead atoms. The van der Waals surface area contributed by atoms with E-state index in [1.807, 2.05) is 11.3 Å². The minimum absolute atomic E-state index is 0.138. The number of furan rings is 1. The lowest BCUT2D eigenvalue weighted by Gasteiger charge is -2.30. The highest BCUT2D eigenvalue weighted by atomic mass is 32.1. The van der Waals surface area contributed by atoms with Crippen LogP contribution in [0.4, 0.5) is 17.1 Å². The minimum Gasteiger partial charge on any atom is -0.456 e. The highest BCUT2D eigenvalue weighted by molar-refractivity contribution is 7.25. The van der Waals surface area contributed by atoms with Crippen molar-refractivity contribution in [2.24, 2.45) is 0 Å². The van der Waals surface area contributed by atoms with Crippen molar-refractivity contribution in [3.8, 4) is 33.4 Å². The molecule has 8 aromatic carbocycles. The topological polar surface area (TPSA) is 16.4 Å². The Labute approximate surface area is 318 Å². The van der Waals surface area contributed by atoms with Crippen LogP contribution >= 0.6 is 11.3 Å². The third kappa shape index (κ3) is 4.65. The number of benzene rings is 8. The lowest BCUT2D eigenvalue weighted by molar-refractivity contribution is 0.660. The average molecular weight is 710 g/mol. The lowest BCUT2D eigenvalue weighted by Crippen LogP contribution is -2.17. The van der Waals surface area contributed by atoms with Crippen LogP contribution < -0.4 is 4.90 Å². The summed E-state index contributed by atoms with van der Waals surface area (Å²) in [4.78, 5) is 2.48. The quantitative estimate of drug-likeness (QED) is 0.177. The van der Waals surface area contributed by atoms with E-state index in [2.05, 4.69) is 195 Å². The van der Waals surface area contributed by atoms with Gasteiger partial charge in [0.15, 0.2) is 0 Å². The zero-order chi connectivity index (χ0) is 36.0. The molecule has 0 saturated heterocycles. The third-order valence-corrected chi connectivity index (χ3v) is 12.6. The molecule has 0 amide bonds. The summed E-state index contributed by atoms with van der Waals surface area (Å²) in [5.41, 5.74) is 15.0. The molecule has 0 aliphatic heterocycles. The summed E-state index contributed by atoms with van der Waals surface area (Å²) < 4.78 is 9.15. The molecule has 256 valence electrons. The van der Waals surface area contributed by atoms with Gasteiger partial charge >= 0.3 is 0 Å². The number of para-hydroxylation sites is 1. The van der Waals surface area contributed by atoms with Gasteiger partial charge in [0.1, 0.15) is 11.2 Å². The Hall–Kier alpha value is -6.42. The van der Waals surface area contributed by atoms with Crippen LogP contribution in [0.1, 0.15) is 25.0 Å². The molecule has 0 fully saturated rings. The fraction of sp³-hybridized carbons (Fsp3) is 0.0588. The molecular formula is C51H35NOS. The predicted octanol–water partition coefficient (Wildman–Crippen LogP) is 15.1. The van der Waals surface area contributed by atoms with Crippen molar-refractivity contribution in [2.45, 2.75) is 19.3 Å². The fourth-order valence-electron chi connectivity index (χ4n) is 8.88. The SMILES string of the molecule is CC1(C)c2ccccc2-c2ccc(N(c3ccc4c(c3)sc3ccccc34)c3ccc4oc5ccccc5c4c3-c3cccc(-c4ccccc4)c3)cc21. The summed E-state index contributed by atoms with van der Waals surface area (Å²) in [6.45, 7) is 4.72. The number of hydrogen-bond donors (Lipinski definition) is 0. The van der Waals surface area contributed by atoms with Gasteiger partial charge in [-0.25, -0.2) is 0 Å². The molecule has 0 unspecified atom stereocenters. The molecule has 11 rings (SSSR count). The van der Waals surface area contributed by atoms with Crippen LogP contribution in [0.5, 0.6) is 0 Å². The van der Waals surface area contributed by atoms with Gasteiger partial charge in [0, 0.05) is 53.3 Å². The van der Waals surface area contributed by atoms with Crippen molar-refractivity contribution in [1.29, 1.82) is 0 Å². The van der Waals surface area contributed by atoms with Gasteiger partial charge in [-0.05, 0) is 93.5 Å². The second kappa shape index (κ2) is 11.8.